The van der Waals surface area contributed by atoms with Crippen molar-refractivity contribution in [3.8, 4) is 10.8 Å². The van der Waals surface area contributed by atoms with Crippen LogP contribution in [0.5, 0.6) is 5.75 Å². The van der Waals surface area contributed by atoms with Crippen LogP contribution in [-0.2, 0) is 23.9 Å². The number of halogens is 1. The van der Waals surface area contributed by atoms with Crippen LogP contribution in [0, 0.1) is 20.8 Å². The van der Waals surface area contributed by atoms with Crippen molar-refractivity contribution in [2.45, 2.75) is 52.1 Å². The summed E-state index contributed by atoms with van der Waals surface area (Å²) in [6.45, 7) is 8.17. The Hall–Kier alpha value is -6.34. The van der Waals surface area contributed by atoms with Gasteiger partial charge in [0.2, 0.25) is 11.8 Å². The molecule has 2 aliphatic heterocycles. The van der Waals surface area contributed by atoms with E-state index < -0.39 is 23.6 Å². The molecule has 0 radical (unpaired) electrons. The van der Waals surface area contributed by atoms with Crippen LogP contribution < -0.4 is 26.2 Å². The molecule has 6 aromatic rings. The number of anilines is 2. The third kappa shape index (κ3) is 9.13. The van der Waals surface area contributed by atoms with Gasteiger partial charge >= 0.3 is 0 Å². The standard InChI is InChI=1S/C43H43ClN10O7S/c1-24-25(2)62-43-37(24)39(27-7-9-28(44)10-8-27)47-33(40-51-49-26(3)53(40)43)23-36(56)46-29-11-13-30(14-12-29)61-22-21-60-20-19-59-18-17-45-31-5-4-6-32-38(31)42(58)54(52-50-32)34-15-16-35(55)48-41(34)57/h4-14,33-34,45H,15-23H2,1-3H3,(H,46,56)(H,48,55,57). The van der Waals surface area contributed by atoms with Crippen molar-refractivity contribution in [3.63, 3.8) is 0 Å². The number of piperidine rings is 1. The molecule has 17 nitrogen and oxygen atoms in total. The zero-order valence-corrected chi connectivity index (χ0v) is 35.7. The van der Waals surface area contributed by atoms with Gasteiger partial charge < -0.3 is 24.8 Å². The van der Waals surface area contributed by atoms with Crippen molar-refractivity contribution < 1.29 is 28.6 Å². The molecule has 2 aliphatic rings. The Morgan fingerprint density at radius 3 is 2.45 bits per heavy atom. The van der Waals surface area contributed by atoms with Gasteiger partial charge in [-0.2, -0.15) is 4.68 Å². The van der Waals surface area contributed by atoms with E-state index in [4.69, 9.17) is 30.8 Å². The number of benzene rings is 3. The summed E-state index contributed by atoms with van der Waals surface area (Å²) in [4.78, 5) is 57.1. The molecule has 19 heteroatoms. The van der Waals surface area contributed by atoms with E-state index in [1.165, 1.54) is 4.88 Å². The van der Waals surface area contributed by atoms with Gasteiger partial charge in [-0.3, -0.25) is 34.1 Å². The van der Waals surface area contributed by atoms with E-state index in [1.54, 1.807) is 53.8 Å². The Kier molecular flexibility index (Phi) is 12.8. The number of nitrogens with zero attached hydrogens (tertiary/aromatic N) is 7. The predicted molar refractivity (Wildman–Crippen MR) is 234 cm³/mol. The minimum absolute atomic E-state index is 0.0499. The Labute approximate surface area is 364 Å². The van der Waals surface area contributed by atoms with Crippen molar-refractivity contribution in [2.75, 3.05) is 50.2 Å². The van der Waals surface area contributed by atoms with E-state index in [9.17, 15) is 19.2 Å². The fourth-order valence-electron chi connectivity index (χ4n) is 7.32. The molecule has 1 saturated heterocycles. The second kappa shape index (κ2) is 18.7. The molecule has 3 amide bonds. The van der Waals surface area contributed by atoms with Crippen LogP contribution >= 0.6 is 22.9 Å². The van der Waals surface area contributed by atoms with Gasteiger partial charge in [-0.25, -0.2) is 0 Å². The van der Waals surface area contributed by atoms with Gasteiger partial charge in [0.15, 0.2) is 5.82 Å². The van der Waals surface area contributed by atoms with E-state index in [0.29, 0.717) is 78.5 Å². The number of aromatic nitrogens is 6. The number of rotatable bonds is 16. The summed E-state index contributed by atoms with van der Waals surface area (Å²) in [5, 5.41) is 27.3. The average molecular weight is 879 g/mol. The fourth-order valence-corrected chi connectivity index (χ4v) is 8.66. The van der Waals surface area contributed by atoms with Crippen LogP contribution in [0.4, 0.5) is 11.4 Å². The maximum Gasteiger partial charge on any atom is 0.280 e. The number of ether oxygens (including phenoxy) is 3. The number of amides is 3. The molecule has 1 fully saturated rings. The average Bonchev–Trinajstić information content (AvgIpc) is 3.74. The van der Waals surface area contributed by atoms with E-state index in [-0.39, 0.29) is 31.1 Å². The number of hydrogen-bond donors (Lipinski definition) is 3. The van der Waals surface area contributed by atoms with Gasteiger partial charge in [-0.1, -0.05) is 35.0 Å². The molecule has 320 valence electrons. The van der Waals surface area contributed by atoms with E-state index in [0.717, 1.165) is 37.9 Å². The normalized spacial score (nSPS) is 16.0. The summed E-state index contributed by atoms with van der Waals surface area (Å²) in [7, 11) is 0. The van der Waals surface area contributed by atoms with E-state index >= 15 is 0 Å². The third-order valence-corrected chi connectivity index (χ3v) is 12.0. The van der Waals surface area contributed by atoms with Crippen molar-refractivity contribution in [1.82, 2.24) is 35.1 Å². The van der Waals surface area contributed by atoms with Gasteiger partial charge in [0.25, 0.3) is 11.5 Å². The molecule has 0 aliphatic carbocycles. The molecule has 62 heavy (non-hydrogen) atoms. The minimum atomic E-state index is -0.907. The molecular weight excluding hydrogens is 836 g/mol. The van der Waals surface area contributed by atoms with Gasteiger partial charge in [0.1, 0.15) is 40.8 Å². The lowest BCUT2D eigenvalue weighted by molar-refractivity contribution is -0.136. The molecule has 3 aromatic heterocycles. The third-order valence-electron chi connectivity index (χ3n) is 10.5. The first-order chi connectivity index (χ1) is 30.0. The number of imide groups is 1. The lowest BCUT2D eigenvalue weighted by Gasteiger charge is -2.21. The summed E-state index contributed by atoms with van der Waals surface area (Å²) in [5.41, 5.74) is 4.86. The van der Waals surface area contributed by atoms with Crippen molar-refractivity contribution in [1.29, 1.82) is 0 Å². The smallest absolute Gasteiger partial charge is 0.280 e. The number of aliphatic imine (C=N–C) groups is 1. The maximum absolute atomic E-state index is 13.5. The molecule has 3 aromatic carbocycles. The zero-order valence-electron chi connectivity index (χ0n) is 34.1. The molecule has 2 unspecified atom stereocenters. The molecule has 5 heterocycles. The van der Waals surface area contributed by atoms with Gasteiger partial charge in [-0.05, 0) is 81.3 Å². The number of thiophene rings is 1. The molecule has 2 atom stereocenters. The van der Waals surface area contributed by atoms with E-state index in [2.05, 4.69) is 50.3 Å². The molecule has 8 rings (SSSR count). The molecule has 0 saturated carbocycles. The van der Waals surface area contributed by atoms with Gasteiger partial charge in [0.05, 0.1) is 43.9 Å². The Balaban J connectivity index is 0.777. The van der Waals surface area contributed by atoms with Crippen LogP contribution in [0.3, 0.4) is 0 Å². The lowest BCUT2D eigenvalue weighted by Crippen LogP contribution is -2.45. The van der Waals surface area contributed by atoms with Crippen molar-refractivity contribution >= 4 is 68.6 Å². The number of hydrogen-bond acceptors (Lipinski definition) is 14. The van der Waals surface area contributed by atoms with E-state index in [1.807, 2.05) is 35.8 Å². The second-order valence-electron chi connectivity index (χ2n) is 14.7. The van der Waals surface area contributed by atoms with Crippen molar-refractivity contribution in [3.05, 3.63) is 115 Å². The first-order valence-corrected chi connectivity index (χ1v) is 21.3. The highest BCUT2D eigenvalue weighted by Gasteiger charge is 2.33. The SMILES string of the molecule is Cc1sc2c(c1C)C(c1ccc(Cl)cc1)=NC(CC(=O)Nc1ccc(OCCOCCOCCNc3cccc4nnn(C5CCC(=O)NC5=O)c(=O)c34)cc1)c1nnc(C)n1-2. The first-order valence-electron chi connectivity index (χ1n) is 20.1. The monoisotopic (exact) mass is 878 g/mol. The quantitative estimate of drug-likeness (QED) is 0.0822. The predicted octanol–water partition coefficient (Wildman–Crippen LogP) is 5.44. The Bertz CT molecular complexity index is 2730. The van der Waals surface area contributed by atoms with Crippen LogP contribution in [-0.4, -0.2) is 92.8 Å². The van der Waals surface area contributed by atoms with Crippen LogP contribution in [0.1, 0.15) is 64.6 Å². The molecule has 0 bridgehead atoms. The summed E-state index contributed by atoms with van der Waals surface area (Å²) >= 11 is 7.89. The summed E-state index contributed by atoms with van der Waals surface area (Å²) < 4.78 is 20.3. The molecular formula is C43H43ClN10O7S. The number of fused-ring (bicyclic) bond motifs is 4. The van der Waals surface area contributed by atoms with Gasteiger partial charge in [-0.15, -0.1) is 26.6 Å². The number of nitrogens with one attached hydrogen (secondary N) is 3. The van der Waals surface area contributed by atoms with Crippen LogP contribution in [0.15, 0.2) is 76.5 Å². The number of aryl methyl sites for hydroxylation is 2. The molecule has 3 N–H and O–H groups in total. The lowest BCUT2D eigenvalue weighted by atomic mass is 9.99. The summed E-state index contributed by atoms with van der Waals surface area (Å²) in [5.74, 6) is 0.778. The fraction of sp³-hybridized carbons (Fsp3) is 0.326. The number of carbonyl (C=O) groups is 3. The molecule has 0 spiro atoms. The van der Waals surface area contributed by atoms with Crippen LogP contribution in [0.2, 0.25) is 5.02 Å². The maximum atomic E-state index is 13.5. The topological polar surface area (TPSA) is 206 Å². The summed E-state index contributed by atoms with van der Waals surface area (Å²) in [6, 6.07) is 18.4. The highest BCUT2D eigenvalue weighted by atomic mass is 35.5. The highest BCUT2D eigenvalue weighted by molar-refractivity contribution is 7.15. The highest BCUT2D eigenvalue weighted by Crippen LogP contribution is 2.40. The number of carbonyl (C=O) groups excluding carboxylic acids is 3. The largest absolute Gasteiger partial charge is 0.491 e. The van der Waals surface area contributed by atoms with Gasteiger partial charge in [0, 0.05) is 45.4 Å². The summed E-state index contributed by atoms with van der Waals surface area (Å²) in [6.07, 6.45) is 0.340. The Morgan fingerprint density at radius 1 is 0.919 bits per heavy atom. The second-order valence-corrected chi connectivity index (χ2v) is 16.3. The van der Waals surface area contributed by atoms with Crippen LogP contribution in [0.25, 0.3) is 15.9 Å². The van der Waals surface area contributed by atoms with Crippen molar-refractivity contribution in [2.24, 2.45) is 4.99 Å². The first kappa shape index (κ1) is 42.4. The Morgan fingerprint density at radius 2 is 1.68 bits per heavy atom. The minimum Gasteiger partial charge on any atom is -0.491 e. The zero-order chi connectivity index (χ0) is 43.3.